The second-order valence-corrected chi connectivity index (χ2v) is 6.73. The van der Waals surface area contributed by atoms with Crippen molar-refractivity contribution < 1.29 is 0 Å². The first-order valence-electron chi connectivity index (χ1n) is 7.74. The minimum atomic E-state index is 0.330. The second-order valence-electron chi connectivity index (χ2n) is 5.50. The quantitative estimate of drug-likeness (QED) is 0.853. The Labute approximate surface area is 131 Å². The van der Waals surface area contributed by atoms with Crippen LogP contribution in [0.3, 0.4) is 0 Å². The summed E-state index contributed by atoms with van der Waals surface area (Å²) >= 11 is 1.81. The van der Waals surface area contributed by atoms with Crippen LogP contribution in [0.5, 0.6) is 0 Å². The summed E-state index contributed by atoms with van der Waals surface area (Å²) in [5.74, 6) is 0. The first-order chi connectivity index (χ1) is 10.0. The standard InChI is InChI=1S/C16H26N4S/c1-6-8-17-15(16-11(3)18-12(4)21-16)10-14-9-13(7-2)19-20(14)5/h9,15,17H,6-8,10H2,1-5H3. The number of aromatic nitrogens is 3. The van der Waals surface area contributed by atoms with E-state index < -0.39 is 0 Å². The Kier molecular flexibility index (Phi) is 5.53. The molecule has 0 aliphatic rings. The first kappa shape index (κ1) is 16.2. The lowest BCUT2D eigenvalue weighted by Gasteiger charge is -2.18. The van der Waals surface area contributed by atoms with Gasteiger partial charge in [-0.05, 0) is 39.3 Å². The summed E-state index contributed by atoms with van der Waals surface area (Å²) in [5.41, 5.74) is 3.61. The van der Waals surface area contributed by atoms with Gasteiger partial charge in [-0.2, -0.15) is 5.10 Å². The van der Waals surface area contributed by atoms with Gasteiger partial charge in [0.1, 0.15) is 0 Å². The minimum Gasteiger partial charge on any atom is -0.309 e. The number of rotatable bonds is 7. The lowest BCUT2D eigenvalue weighted by molar-refractivity contribution is 0.516. The number of hydrogen-bond donors (Lipinski definition) is 1. The molecule has 0 aromatic carbocycles. The second kappa shape index (κ2) is 7.18. The van der Waals surface area contributed by atoms with Crippen LogP contribution in [0, 0.1) is 13.8 Å². The number of nitrogens with zero attached hydrogens (tertiary/aromatic N) is 3. The molecule has 0 fully saturated rings. The number of nitrogens with one attached hydrogen (secondary N) is 1. The van der Waals surface area contributed by atoms with Crippen LogP contribution in [0.2, 0.25) is 0 Å². The Morgan fingerprint density at radius 2 is 2.10 bits per heavy atom. The Morgan fingerprint density at radius 3 is 2.62 bits per heavy atom. The zero-order chi connectivity index (χ0) is 15.4. The Hall–Kier alpha value is -1.20. The van der Waals surface area contributed by atoms with Crippen molar-refractivity contribution in [1.82, 2.24) is 20.1 Å². The molecule has 2 aromatic heterocycles. The van der Waals surface area contributed by atoms with Crippen LogP contribution in [-0.4, -0.2) is 21.3 Å². The van der Waals surface area contributed by atoms with Gasteiger partial charge in [0.2, 0.25) is 0 Å². The van der Waals surface area contributed by atoms with E-state index >= 15 is 0 Å². The van der Waals surface area contributed by atoms with E-state index in [1.54, 1.807) is 0 Å². The molecule has 2 aromatic rings. The van der Waals surface area contributed by atoms with Crippen LogP contribution < -0.4 is 5.32 Å². The third kappa shape index (κ3) is 3.92. The molecule has 2 heterocycles. The molecule has 4 nitrogen and oxygen atoms in total. The van der Waals surface area contributed by atoms with Gasteiger partial charge in [0.25, 0.3) is 0 Å². The molecule has 0 saturated heterocycles. The van der Waals surface area contributed by atoms with Crippen LogP contribution in [0.15, 0.2) is 6.07 Å². The molecule has 0 radical (unpaired) electrons. The molecule has 0 bridgehead atoms. The van der Waals surface area contributed by atoms with Crippen LogP contribution in [0.4, 0.5) is 0 Å². The van der Waals surface area contributed by atoms with Gasteiger partial charge in [-0.1, -0.05) is 13.8 Å². The van der Waals surface area contributed by atoms with Gasteiger partial charge in [-0.3, -0.25) is 4.68 Å². The molecule has 0 aliphatic heterocycles. The maximum Gasteiger partial charge on any atom is 0.0900 e. The molecule has 1 unspecified atom stereocenters. The van der Waals surface area contributed by atoms with Crippen molar-refractivity contribution in [2.75, 3.05) is 6.54 Å². The third-order valence-electron chi connectivity index (χ3n) is 3.70. The third-order valence-corrected chi connectivity index (χ3v) is 4.89. The average Bonchev–Trinajstić information content (AvgIpc) is 2.97. The van der Waals surface area contributed by atoms with Crippen LogP contribution in [0.1, 0.15) is 53.3 Å². The summed E-state index contributed by atoms with van der Waals surface area (Å²) in [5, 5.41) is 9.38. The molecule has 5 heteroatoms. The molecular formula is C16H26N4S. The van der Waals surface area contributed by atoms with Crippen molar-refractivity contribution in [3.8, 4) is 0 Å². The SMILES string of the molecule is CCCNC(Cc1cc(CC)nn1C)c1sc(C)nc1C. The van der Waals surface area contributed by atoms with Crippen LogP contribution in [0.25, 0.3) is 0 Å². The van der Waals surface area contributed by atoms with Crippen LogP contribution in [-0.2, 0) is 19.9 Å². The van der Waals surface area contributed by atoms with Gasteiger partial charge in [0.05, 0.1) is 16.4 Å². The number of thiazole rings is 1. The van der Waals surface area contributed by atoms with E-state index in [2.05, 4.69) is 49.2 Å². The molecule has 1 N–H and O–H groups in total. The van der Waals surface area contributed by atoms with Crippen molar-refractivity contribution in [2.45, 2.75) is 53.0 Å². The monoisotopic (exact) mass is 306 g/mol. The smallest absolute Gasteiger partial charge is 0.0900 e. The summed E-state index contributed by atoms with van der Waals surface area (Å²) in [7, 11) is 2.04. The maximum absolute atomic E-state index is 4.58. The Morgan fingerprint density at radius 1 is 1.33 bits per heavy atom. The van der Waals surface area contributed by atoms with E-state index in [4.69, 9.17) is 0 Å². The highest BCUT2D eigenvalue weighted by Crippen LogP contribution is 2.27. The van der Waals surface area contributed by atoms with E-state index in [-0.39, 0.29) is 0 Å². The van der Waals surface area contributed by atoms with Crippen molar-refractivity contribution >= 4 is 11.3 Å². The predicted octanol–water partition coefficient (Wildman–Crippen LogP) is 3.34. The highest BCUT2D eigenvalue weighted by atomic mass is 32.1. The van der Waals surface area contributed by atoms with Gasteiger partial charge in [0, 0.05) is 30.1 Å². The largest absolute Gasteiger partial charge is 0.309 e. The summed E-state index contributed by atoms with van der Waals surface area (Å²) in [4.78, 5) is 5.94. The van der Waals surface area contributed by atoms with Gasteiger partial charge in [0.15, 0.2) is 0 Å². The zero-order valence-electron chi connectivity index (χ0n) is 13.7. The minimum absolute atomic E-state index is 0.330. The molecule has 0 spiro atoms. The van der Waals surface area contributed by atoms with E-state index in [1.807, 2.05) is 23.1 Å². The van der Waals surface area contributed by atoms with Gasteiger partial charge in [-0.15, -0.1) is 11.3 Å². The van der Waals surface area contributed by atoms with E-state index in [0.717, 1.165) is 36.5 Å². The summed E-state index contributed by atoms with van der Waals surface area (Å²) in [6.07, 6.45) is 3.09. The van der Waals surface area contributed by atoms with Gasteiger partial charge >= 0.3 is 0 Å². The van der Waals surface area contributed by atoms with Crippen molar-refractivity contribution in [3.63, 3.8) is 0 Å². The maximum atomic E-state index is 4.58. The fraction of sp³-hybridized carbons (Fsp3) is 0.625. The molecular weight excluding hydrogens is 280 g/mol. The molecule has 116 valence electrons. The van der Waals surface area contributed by atoms with Gasteiger partial charge in [-0.25, -0.2) is 4.98 Å². The average molecular weight is 306 g/mol. The summed E-state index contributed by atoms with van der Waals surface area (Å²) in [6, 6.07) is 2.56. The highest BCUT2D eigenvalue weighted by Gasteiger charge is 2.19. The van der Waals surface area contributed by atoms with Crippen molar-refractivity contribution in [3.05, 3.63) is 33.0 Å². The fourth-order valence-corrected chi connectivity index (χ4v) is 3.59. The topological polar surface area (TPSA) is 42.7 Å². The van der Waals surface area contributed by atoms with Crippen molar-refractivity contribution in [2.24, 2.45) is 7.05 Å². The lowest BCUT2D eigenvalue weighted by Crippen LogP contribution is -2.24. The normalized spacial score (nSPS) is 12.8. The van der Waals surface area contributed by atoms with Crippen LogP contribution >= 0.6 is 11.3 Å². The van der Waals surface area contributed by atoms with E-state index in [1.165, 1.54) is 16.3 Å². The fourth-order valence-electron chi connectivity index (χ4n) is 2.59. The summed E-state index contributed by atoms with van der Waals surface area (Å²) in [6.45, 7) is 9.57. The zero-order valence-corrected chi connectivity index (χ0v) is 14.5. The Balaban J connectivity index is 2.23. The van der Waals surface area contributed by atoms with Crippen molar-refractivity contribution in [1.29, 1.82) is 0 Å². The highest BCUT2D eigenvalue weighted by molar-refractivity contribution is 7.11. The first-order valence-corrected chi connectivity index (χ1v) is 8.55. The predicted molar refractivity (Wildman–Crippen MR) is 88.9 cm³/mol. The molecule has 0 saturated carbocycles. The molecule has 2 rings (SSSR count). The van der Waals surface area contributed by atoms with Gasteiger partial charge < -0.3 is 5.32 Å². The Bertz CT molecular complexity index is 585. The molecule has 0 amide bonds. The number of aryl methyl sites for hydroxylation is 4. The van der Waals surface area contributed by atoms with E-state index in [0.29, 0.717) is 6.04 Å². The molecule has 21 heavy (non-hydrogen) atoms. The van der Waals surface area contributed by atoms with E-state index in [9.17, 15) is 0 Å². The summed E-state index contributed by atoms with van der Waals surface area (Å²) < 4.78 is 2.02. The number of hydrogen-bond acceptors (Lipinski definition) is 4. The lowest BCUT2D eigenvalue weighted by atomic mass is 10.1. The molecule has 1 atom stereocenters. The molecule has 0 aliphatic carbocycles.